The van der Waals surface area contributed by atoms with Crippen LogP contribution in [0.1, 0.15) is 11.1 Å². The minimum atomic E-state index is 1.32. The Morgan fingerprint density at radius 3 is 2.25 bits per heavy atom. The predicted octanol–water partition coefficient (Wildman–Crippen LogP) is 4.61. The smallest absolute Gasteiger partial charge is 0.0103 e. The summed E-state index contributed by atoms with van der Waals surface area (Å²) < 4.78 is 0. The maximum Gasteiger partial charge on any atom is -0.0103 e. The molecule has 0 heteroatoms. The summed E-state index contributed by atoms with van der Waals surface area (Å²) in [7, 11) is 0. The molecule has 0 saturated heterocycles. The minimum absolute atomic E-state index is 1.32. The highest BCUT2D eigenvalue weighted by Crippen LogP contribution is 2.28. The van der Waals surface area contributed by atoms with Crippen molar-refractivity contribution in [1.29, 1.82) is 0 Å². The van der Waals surface area contributed by atoms with Gasteiger partial charge in [-0.1, -0.05) is 54.1 Å². The van der Waals surface area contributed by atoms with Crippen LogP contribution in [0.3, 0.4) is 0 Å². The molecular weight excluding hydrogens is 192 g/mol. The summed E-state index contributed by atoms with van der Waals surface area (Å²) in [5.74, 6) is 0. The lowest BCUT2D eigenvalue weighted by Gasteiger charge is -2.07. The van der Waals surface area contributed by atoms with Crippen molar-refractivity contribution in [3.8, 4) is 0 Å². The van der Waals surface area contributed by atoms with Crippen molar-refractivity contribution < 1.29 is 0 Å². The van der Waals surface area contributed by atoms with E-state index in [9.17, 15) is 0 Å². The zero-order valence-electron chi connectivity index (χ0n) is 9.62. The van der Waals surface area contributed by atoms with Crippen molar-refractivity contribution >= 4 is 21.5 Å². The first-order valence-corrected chi connectivity index (χ1v) is 5.64. The van der Waals surface area contributed by atoms with Crippen LogP contribution in [-0.4, -0.2) is 0 Å². The second-order valence-electron chi connectivity index (χ2n) is 4.46. The van der Waals surface area contributed by atoms with E-state index >= 15 is 0 Å². The van der Waals surface area contributed by atoms with Gasteiger partial charge in [-0.15, -0.1) is 0 Å². The van der Waals surface area contributed by atoms with Gasteiger partial charge in [-0.2, -0.15) is 0 Å². The number of hydrogen-bond donors (Lipinski definition) is 0. The van der Waals surface area contributed by atoms with Gasteiger partial charge in [0.15, 0.2) is 0 Å². The quantitative estimate of drug-likeness (QED) is 0.471. The monoisotopic (exact) mass is 206 g/mol. The zero-order valence-corrected chi connectivity index (χ0v) is 9.62. The highest BCUT2D eigenvalue weighted by molar-refractivity contribution is 6.09. The molecule has 0 heterocycles. The van der Waals surface area contributed by atoms with Crippen LogP contribution in [0, 0.1) is 13.8 Å². The van der Waals surface area contributed by atoms with Crippen LogP contribution in [-0.2, 0) is 0 Å². The van der Waals surface area contributed by atoms with Gasteiger partial charge < -0.3 is 0 Å². The van der Waals surface area contributed by atoms with E-state index in [-0.39, 0.29) is 0 Å². The molecule has 0 aliphatic carbocycles. The molecule has 3 aromatic carbocycles. The topological polar surface area (TPSA) is 0 Å². The third-order valence-corrected chi connectivity index (χ3v) is 3.22. The fraction of sp³-hybridized carbons (Fsp3) is 0.125. The van der Waals surface area contributed by atoms with Crippen molar-refractivity contribution in [3.05, 3.63) is 59.7 Å². The zero-order chi connectivity index (χ0) is 11.1. The molecule has 0 unspecified atom stereocenters. The Bertz CT molecular complexity index is 678. The van der Waals surface area contributed by atoms with Gasteiger partial charge in [0.05, 0.1) is 0 Å². The molecule has 0 nitrogen and oxygen atoms in total. The van der Waals surface area contributed by atoms with E-state index in [4.69, 9.17) is 0 Å². The lowest BCUT2D eigenvalue weighted by atomic mass is 9.97. The Labute approximate surface area is 95.5 Å². The van der Waals surface area contributed by atoms with E-state index in [0.717, 1.165) is 0 Å². The molecule has 0 fully saturated rings. The lowest BCUT2D eigenvalue weighted by molar-refractivity contribution is 1.50. The van der Waals surface area contributed by atoms with E-state index in [2.05, 4.69) is 62.4 Å². The maximum absolute atomic E-state index is 2.27. The molecule has 3 aromatic rings. The van der Waals surface area contributed by atoms with Crippen molar-refractivity contribution in [3.63, 3.8) is 0 Å². The van der Waals surface area contributed by atoms with Crippen LogP contribution in [0.15, 0.2) is 48.5 Å². The number of rotatable bonds is 0. The molecule has 0 atom stereocenters. The molecule has 3 rings (SSSR count). The first-order chi connectivity index (χ1) is 7.75. The van der Waals surface area contributed by atoms with Crippen LogP contribution in [0.25, 0.3) is 21.5 Å². The minimum Gasteiger partial charge on any atom is -0.0616 e. The highest BCUT2D eigenvalue weighted by atomic mass is 14.1. The van der Waals surface area contributed by atoms with Crippen LogP contribution in [0.5, 0.6) is 0 Å². The van der Waals surface area contributed by atoms with Crippen LogP contribution in [0.2, 0.25) is 0 Å². The molecule has 0 spiro atoms. The Morgan fingerprint density at radius 1 is 0.688 bits per heavy atom. The van der Waals surface area contributed by atoms with Gasteiger partial charge in [0, 0.05) is 0 Å². The largest absolute Gasteiger partial charge is 0.0616 e. The molecule has 0 aromatic heterocycles. The fourth-order valence-electron chi connectivity index (χ4n) is 2.40. The molecule has 0 aliphatic heterocycles. The average Bonchev–Trinajstić information content (AvgIpc) is 2.31. The summed E-state index contributed by atoms with van der Waals surface area (Å²) in [6, 6.07) is 17.6. The molecule has 0 amide bonds. The third kappa shape index (κ3) is 1.30. The normalized spacial score (nSPS) is 11.1. The third-order valence-electron chi connectivity index (χ3n) is 3.22. The second kappa shape index (κ2) is 3.34. The van der Waals surface area contributed by atoms with Crippen molar-refractivity contribution in [1.82, 2.24) is 0 Å². The van der Waals surface area contributed by atoms with Crippen molar-refractivity contribution in [2.24, 2.45) is 0 Å². The SMILES string of the molecule is Cc1ccc2cc(C)c3ccccc3c2c1. The summed E-state index contributed by atoms with van der Waals surface area (Å²) in [5, 5.41) is 5.42. The predicted molar refractivity (Wildman–Crippen MR) is 70.9 cm³/mol. The molecule has 0 bridgehead atoms. The van der Waals surface area contributed by atoms with Gasteiger partial charge in [-0.05, 0) is 41.0 Å². The van der Waals surface area contributed by atoms with Crippen LogP contribution >= 0.6 is 0 Å². The number of aryl methyl sites for hydroxylation is 2. The summed E-state index contributed by atoms with van der Waals surface area (Å²) in [4.78, 5) is 0. The molecule has 16 heavy (non-hydrogen) atoms. The van der Waals surface area contributed by atoms with E-state index in [0.29, 0.717) is 0 Å². The first-order valence-electron chi connectivity index (χ1n) is 5.64. The standard InChI is InChI=1S/C16H14/c1-11-7-8-13-10-12(2)14-5-3-4-6-15(14)16(13)9-11/h3-10H,1-2H3. The van der Waals surface area contributed by atoms with Gasteiger partial charge in [0.25, 0.3) is 0 Å². The molecule has 0 saturated carbocycles. The summed E-state index contributed by atoms with van der Waals surface area (Å²) in [5.41, 5.74) is 2.67. The summed E-state index contributed by atoms with van der Waals surface area (Å²) in [6.45, 7) is 4.33. The molecular formula is C16H14. The molecule has 0 N–H and O–H groups in total. The fourth-order valence-corrected chi connectivity index (χ4v) is 2.40. The van der Waals surface area contributed by atoms with Gasteiger partial charge >= 0.3 is 0 Å². The van der Waals surface area contributed by atoms with Crippen LogP contribution < -0.4 is 0 Å². The molecule has 0 radical (unpaired) electrons. The van der Waals surface area contributed by atoms with E-state index in [1.807, 2.05) is 0 Å². The van der Waals surface area contributed by atoms with Gasteiger partial charge in [0.2, 0.25) is 0 Å². The van der Waals surface area contributed by atoms with Crippen molar-refractivity contribution in [2.75, 3.05) is 0 Å². The van der Waals surface area contributed by atoms with Crippen molar-refractivity contribution in [2.45, 2.75) is 13.8 Å². The number of fused-ring (bicyclic) bond motifs is 3. The Morgan fingerprint density at radius 2 is 1.44 bits per heavy atom. The average molecular weight is 206 g/mol. The summed E-state index contributed by atoms with van der Waals surface area (Å²) >= 11 is 0. The number of benzene rings is 3. The first kappa shape index (κ1) is 9.41. The van der Waals surface area contributed by atoms with E-state index in [1.165, 1.54) is 32.7 Å². The second-order valence-corrected chi connectivity index (χ2v) is 4.46. The molecule has 0 aliphatic rings. The Kier molecular flexibility index (Phi) is 1.97. The van der Waals surface area contributed by atoms with Crippen LogP contribution in [0.4, 0.5) is 0 Å². The lowest BCUT2D eigenvalue weighted by Crippen LogP contribution is -1.83. The van der Waals surface area contributed by atoms with Gasteiger partial charge in [-0.25, -0.2) is 0 Å². The Hall–Kier alpha value is -1.82. The van der Waals surface area contributed by atoms with E-state index in [1.54, 1.807) is 0 Å². The van der Waals surface area contributed by atoms with Gasteiger partial charge in [0.1, 0.15) is 0 Å². The number of hydrogen-bond acceptors (Lipinski definition) is 0. The maximum atomic E-state index is 2.27. The summed E-state index contributed by atoms with van der Waals surface area (Å²) in [6.07, 6.45) is 0. The molecule has 78 valence electrons. The highest BCUT2D eigenvalue weighted by Gasteiger charge is 2.02. The van der Waals surface area contributed by atoms with Gasteiger partial charge in [-0.3, -0.25) is 0 Å². The Balaban J connectivity index is 2.61. The van der Waals surface area contributed by atoms with E-state index < -0.39 is 0 Å².